The van der Waals surface area contributed by atoms with Gasteiger partial charge < -0.3 is 5.32 Å². The molecule has 158 valence electrons. The standard InChI is InChI=1S/C21H26ClFN2O3S/c1-5-19(15-9-7-14(3)8-10-15)24-21(26)20(6-2)25(29(4,27)28)16-11-12-18(23)17(22)13-16/h7-13,19-20H,5-6H2,1-4H3,(H,24,26)/t19-,20+/m1/s1. The zero-order valence-corrected chi connectivity index (χ0v) is 18.5. The average molecular weight is 441 g/mol. The van der Waals surface area contributed by atoms with E-state index in [0.717, 1.165) is 27.8 Å². The minimum Gasteiger partial charge on any atom is -0.347 e. The second-order valence-corrected chi connectivity index (χ2v) is 9.23. The zero-order valence-electron chi connectivity index (χ0n) is 16.9. The molecule has 0 saturated heterocycles. The molecule has 0 fully saturated rings. The number of anilines is 1. The van der Waals surface area contributed by atoms with Crippen LogP contribution in [0, 0.1) is 12.7 Å². The first kappa shape index (κ1) is 23.2. The van der Waals surface area contributed by atoms with Gasteiger partial charge in [-0.3, -0.25) is 9.10 Å². The Hall–Kier alpha value is -2.12. The van der Waals surface area contributed by atoms with Crippen LogP contribution in [0.2, 0.25) is 5.02 Å². The van der Waals surface area contributed by atoms with Gasteiger partial charge in [0.2, 0.25) is 15.9 Å². The highest BCUT2D eigenvalue weighted by molar-refractivity contribution is 7.92. The first-order valence-electron chi connectivity index (χ1n) is 9.39. The maximum Gasteiger partial charge on any atom is 0.244 e. The van der Waals surface area contributed by atoms with Crippen LogP contribution in [-0.2, 0) is 14.8 Å². The van der Waals surface area contributed by atoms with Crippen molar-refractivity contribution in [3.8, 4) is 0 Å². The lowest BCUT2D eigenvalue weighted by atomic mass is 10.0. The highest BCUT2D eigenvalue weighted by Gasteiger charge is 2.32. The van der Waals surface area contributed by atoms with Crippen molar-refractivity contribution >= 4 is 33.2 Å². The topological polar surface area (TPSA) is 66.5 Å². The summed E-state index contributed by atoms with van der Waals surface area (Å²) in [5.41, 5.74) is 2.19. The molecule has 0 unspecified atom stereocenters. The molecule has 0 aliphatic heterocycles. The van der Waals surface area contributed by atoms with E-state index in [1.807, 2.05) is 38.1 Å². The molecule has 0 aromatic heterocycles. The monoisotopic (exact) mass is 440 g/mol. The maximum atomic E-state index is 13.6. The predicted octanol–water partition coefficient (Wildman–Crippen LogP) is 4.60. The van der Waals surface area contributed by atoms with Gasteiger partial charge in [-0.2, -0.15) is 0 Å². The van der Waals surface area contributed by atoms with E-state index >= 15 is 0 Å². The first-order valence-corrected chi connectivity index (χ1v) is 11.6. The second-order valence-electron chi connectivity index (χ2n) is 6.96. The Balaban J connectivity index is 2.36. The van der Waals surface area contributed by atoms with Crippen LogP contribution in [0.1, 0.15) is 43.9 Å². The molecule has 0 aliphatic rings. The lowest BCUT2D eigenvalue weighted by Gasteiger charge is -2.31. The molecule has 0 bridgehead atoms. The van der Waals surface area contributed by atoms with E-state index in [1.165, 1.54) is 12.1 Å². The van der Waals surface area contributed by atoms with Gasteiger partial charge in [-0.15, -0.1) is 0 Å². The molecule has 2 aromatic carbocycles. The summed E-state index contributed by atoms with van der Waals surface area (Å²) in [6.45, 7) is 5.65. The summed E-state index contributed by atoms with van der Waals surface area (Å²) >= 11 is 5.84. The number of aryl methyl sites for hydroxylation is 1. The maximum absolute atomic E-state index is 13.6. The number of amides is 1. The third-order valence-corrected chi connectivity index (χ3v) is 6.16. The first-order chi connectivity index (χ1) is 13.6. The summed E-state index contributed by atoms with van der Waals surface area (Å²) in [5, 5.41) is 2.74. The Morgan fingerprint density at radius 2 is 1.76 bits per heavy atom. The number of hydrogen-bond donors (Lipinski definition) is 1. The number of sulfonamides is 1. The summed E-state index contributed by atoms with van der Waals surface area (Å²) in [5.74, 6) is -1.09. The fourth-order valence-corrected chi connectivity index (χ4v) is 4.55. The molecule has 0 spiro atoms. The van der Waals surface area contributed by atoms with Gasteiger partial charge in [0, 0.05) is 0 Å². The lowest BCUT2D eigenvalue weighted by molar-refractivity contribution is -0.123. The van der Waals surface area contributed by atoms with Crippen molar-refractivity contribution in [1.29, 1.82) is 0 Å². The van der Waals surface area contributed by atoms with Crippen LogP contribution in [0.25, 0.3) is 0 Å². The molecule has 2 atom stereocenters. The van der Waals surface area contributed by atoms with E-state index in [0.29, 0.717) is 6.42 Å². The number of benzene rings is 2. The Bertz CT molecular complexity index is 964. The van der Waals surface area contributed by atoms with Gasteiger partial charge in [0.25, 0.3) is 0 Å². The third kappa shape index (κ3) is 5.70. The second kappa shape index (κ2) is 9.59. The summed E-state index contributed by atoms with van der Waals surface area (Å²) in [4.78, 5) is 13.1. The minimum absolute atomic E-state index is 0.143. The SMILES string of the molecule is CC[C@@H](NC(=O)[C@H](CC)N(c1ccc(F)c(Cl)c1)S(C)(=O)=O)c1ccc(C)cc1. The van der Waals surface area contributed by atoms with Gasteiger partial charge in [0.15, 0.2) is 0 Å². The Kier molecular flexibility index (Phi) is 7.66. The van der Waals surface area contributed by atoms with E-state index in [2.05, 4.69) is 5.32 Å². The van der Waals surface area contributed by atoms with Gasteiger partial charge in [0.1, 0.15) is 11.9 Å². The Labute approximate surface area is 176 Å². The molecule has 1 amide bonds. The van der Waals surface area contributed by atoms with E-state index in [4.69, 9.17) is 11.6 Å². The van der Waals surface area contributed by atoms with Crippen LogP contribution in [0.15, 0.2) is 42.5 Å². The number of halogens is 2. The van der Waals surface area contributed by atoms with Gasteiger partial charge in [-0.1, -0.05) is 55.3 Å². The number of rotatable bonds is 8. The van der Waals surface area contributed by atoms with Crippen molar-refractivity contribution < 1.29 is 17.6 Å². The zero-order chi connectivity index (χ0) is 21.8. The molecule has 2 rings (SSSR count). The molecule has 1 N–H and O–H groups in total. The van der Waals surface area contributed by atoms with Crippen LogP contribution in [0.5, 0.6) is 0 Å². The summed E-state index contributed by atoms with van der Waals surface area (Å²) in [6, 6.07) is 10.2. The number of carbonyl (C=O) groups is 1. The quantitative estimate of drug-likeness (QED) is 0.652. The fourth-order valence-electron chi connectivity index (χ4n) is 3.17. The van der Waals surface area contributed by atoms with Crippen LogP contribution in [0.4, 0.5) is 10.1 Å². The number of carbonyl (C=O) groups excluding carboxylic acids is 1. The molecule has 5 nitrogen and oxygen atoms in total. The van der Waals surface area contributed by atoms with Crippen molar-refractivity contribution in [2.45, 2.75) is 45.7 Å². The van der Waals surface area contributed by atoms with Crippen molar-refractivity contribution in [2.75, 3.05) is 10.6 Å². The largest absolute Gasteiger partial charge is 0.347 e. The molecular formula is C21H26ClFN2O3S. The van der Waals surface area contributed by atoms with E-state index < -0.39 is 27.8 Å². The van der Waals surface area contributed by atoms with Crippen LogP contribution in [-0.4, -0.2) is 26.6 Å². The molecule has 29 heavy (non-hydrogen) atoms. The molecule has 0 radical (unpaired) electrons. The molecule has 8 heteroatoms. The molecule has 0 heterocycles. The summed E-state index contributed by atoms with van der Waals surface area (Å²) < 4.78 is 39.6. The minimum atomic E-state index is -3.83. The van der Waals surface area contributed by atoms with Crippen molar-refractivity contribution in [3.63, 3.8) is 0 Å². The average Bonchev–Trinajstić information content (AvgIpc) is 2.66. The van der Waals surface area contributed by atoms with Crippen molar-refractivity contribution in [2.24, 2.45) is 0 Å². The van der Waals surface area contributed by atoms with Gasteiger partial charge in [-0.25, -0.2) is 12.8 Å². The normalized spacial score (nSPS) is 13.6. The smallest absolute Gasteiger partial charge is 0.244 e. The van der Waals surface area contributed by atoms with Crippen LogP contribution >= 0.6 is 11.6 Å². The predicted molar refractivity (Wildman–Crippen MR) is 115 cm³/mol. The summed E-state index contributed by atoms with van der Waals surface area (Å²) in [7, 11) is -3.83. The lowest BCUT2D eigenvalue weighted by Crippen LogP contribution is -2.50. The van der Waals surface area contributed by atoms with Crippen LogP contribution < -0.4 is 9.62 Å². The molecular weight excluding hydrogens is 415 g/mol. The van der Waals surface area contributed by atoms with Crippen molar-refractivity contribution in [3.05, 3.63) is 64.4 Å². The van der Waals surface area contributed by atoms with E-state index in [1.54, 1.807) is 6.92 Å². The van der Waals surface area contributed by atoms with Crippen LogP contribution in [0.3, 0.4) is 0 Å². The summed E-state index contributed by atoms with van der Waals surface area (Å²) in [6.07, 6.45) is 1.89. The molecule has 0 aliphatic carbocycles. The van der Waals surface area contributed by atoms with Gasteiger partial charge in [-0.05, 0) is 43.5 Å². The van der Waals surface area contributed by atoms with Gasteiger partial charge >= 0.3 is 0 Å². The number of hydrogen-bond acceptors (Lipinski definition) is 3. The fraction of sp³-hybridized carbons (Fsp3) is 0.381. The Morgan fingerprint density at radius 3 is 2.24 bits per heavy atom. The van der Waals surface area contributed by atoms with Gasteiger partial charge in [0.05, 0.1) is 23.0 Å². The highest BCUT2D eigenvalue weighted by atomic mass is 35.5. The third-order valence-electron chi connectivity index (χ3n) is 4.69. The Morgan fingerprint density at radius 1 is 1.14 bits per heavy atom. The molecule has 0 saturated carbocycles. The van der Waals surface area contributed by atoms with E-state index in [9.17, 15) is 17.6 Å². The van der Waals surface area contributed by atoms with Crippen molar-refractivity contribution in [1.82, 2.24) is 5.32 Å². The van der Waals surface area contributed by atoms with E-state index in [-0.39, 0.29) is 23.2 Å². The number of nitrogens with one attached hydrogen (secondary N) is 1. The number of nitrogens with zero attached hydrogens (tertiary/aromatic N) is 1. The highest BCUT2D eigenvalue weighted by Crippen LogP contribution is 2.28. The molecule has 2 aromatic rings.